The van der Waals surface area contributed by atoms with Gasteiger partial charge in [0.15, 0.2) is 5.11 Å². The van der Waals surface area contributed by atoms with Crippen LogP contribution in [0, 0.1) is 6.92 Å². The Hall–Kier alpha value is -3.05. The fourth-order valence-electron chi connectivity index (χ4n) is 2.34. The van der Waals surface area contributed by atoms with Crippen LogP contribution in [0.15, 0.2) is 84.1 Å². The molecule has 0 radical (unpaired) electrons. The molecule has 3 aromatic rings. The highest BCUT2D eigenvalue weighted by molar-refractivity contribution is 7.80. The van der Waals surface area contributed by atoms with E-state index in [4.69, 9.17) is 12.2 Å². The van der Waals surface area contributed by atoms with E-state index in [0.29, 0.717) is 5.11 Å². The van der Waals surface area contributed by atoms with E-state index in [1.807, 2.05) is 79.7 Å². The van der Waals surface area contributed by atoms with Gasteiger partial charge in [-0.25, -0.2) is 0 Å². The molecule has 0 aliphatic rings. The summed E-state index contributed by atoms with van der Waals surface area (Å²) in [5.74, 6) is 0. The maximum absolute atomic E-state index is 5.36. The summed E-state index contributed by atoms with van der Waals surface area (Å²) in [6, 6.07) is 23.6. The predicted octanol–water partition coefficient (Wildman–Crippen LogP) is 4.13. The summed E-state index contributed by atoms with van der Waals surface area (Å²) >= 11 is 5.36. The van der Waals surface area contributed by atoms with Crippen molar-refractivity contribution in [2.45, 2.75) is 6.92 Å². The largest absolute Gasteiger partial charge is 0.331 e. The fourth-order valence-corrected chi connectivity index (χ4v) is 2.49. The van der Waals surface area contributed by atoms with Crippen LogP contribution in [0.3, 0.4) is 0 Å². The number of thiocarbonyl (C=S) groups is 1. The maximum Gasteiger partial charge on any atom is 0.191 e. The van der Waals surface area contributed by atoms with Crippen molar-refractivity contribution in [1.82, 2.24) is 10.4 Å². The second-order valence-electron chi connectivity index (χ2n) is 5.42. The van der Waals surface area contributed by atoms with E-state index in [9.17, 15) is 0 Å². The van der Waals surface area contributed by atoms with Crippen LogP contribution >= 0.6 is 12.2 Å². The lowest BCUT2D eigenvalue weighted by molar-refractivity contribution is 1.03. The molecule has 0 saturated carbocycles. The minimum absolute atomic E-state index is 0.429. The van der Waals surface area contributed by atoms with E-state index < -0.39 is 0 Å². The second kappa shape index (κ2) is 8.17. The highest BCUT2D eigenvalue weighted by Gasteiger charge is 2.08. The molecular formula is C20H18N4S. The van der Waals surface area contributed by atoms with Crippen molar-refractivity contribution in [1.29, 1.82) is 0 Å². The van der Waals surface area contributed by atoms with E-state index in [0.717, 1.165) is 28.2 Å². The average molecular weight is 346 g/mol. The molecule has 2 aromatic carbocycles. The summed E-state index contributed by atoms with van der Waals surface area (Å²) in [6.07, 6.45) is 1.75. The molecule has 0 bridgehead atoms. The maximum atomic E-state index is 5.36. The van der Waals surface area contributed by atoms with Crippen LogP contribution in [0.4, 0.5) is 5.69 Å². The summed E-state index contributed by atoms with van der Waals surface area (Å²) in [5, 5.41) is 8.08. The molecule has 0 saturated heterocycles. The smallest absolute Gasteiger partial charge is 0.191 e. The molecule has 0 unspecified atom stereocenters. The normalized spacial score (nSPS) is 11.0. The molecule has 2 N–H and O–H groups in total. The van der Waals surface area contributed by atoms with E-state index in [2.05, 4.69) is 20.8 Å². The number of nitrogens with one attached hydrogen (secondary N) is 2. The van der Waals surface area contributed by atoms with E-state index in [1.165, 1.54) is 0 Å². The first-order valence-electron chi connectivity index (χ1n) is 7.91. The molecular weight excluding hydrogens is 328 g/mol. The van der Waals surface area contributed by atoms with Crippen molar-refractivity contribution in [3.8, 4) is 0 Å². The van der Waals surface area contributed by atoms with Crippen LogP contribution < -0.4 is 10.7 Å². The number of benzene rings is 2. The molecule has 3 rings (SSSR count). The van der Waals surface area contributed by atoms with Crippen LogP contribution in [0.25, 0.3) is 0 Å². The van der Waals surface area contributed by atoms with Gasteiger partial charge in [-0.2, -0.15) is 5.10 Å². The zero-order chi connectivity index (χ0) is 17.5. The molecule has 25 heavy (non-hydrogen) atoms. The van der Waals surface area contributed by atoms with Gasteiger partial charge in [0.05, 0.1) is 5.69 Å². The lowest BCUT2D eigenvalue weighted by atomic mass is 10.1. The van der Waals surface area contributed by atoms with Gasteiger partial charge < -0.3 is 5.32 Å². The first-order valence-corrected chi connectivity index (χ1v) is 8.32. The Kier molecular flexibility index (Phi) is 5.49. The summed E-state index contributed by atoms with van der Waals surface area (Å²) < 4.78 is 0. The Morgan fingerprint density at radius 2 is 1.64 bits per heavy atom. The fraction of sp³-hybridized carbons (Fsp3) is 0.0500. The van der Waals surface area contributed by atoms with Crippen molar-refractivity contribution in [3.05, 3.63) is 95.8 Å². The first kappa shape index (κ1) is 16.8. The third kappa shape index (κ3) is 4.49. The standard InChI is InChI=1S/C20H18N4S/c1-15-9-5-6-12-17(15)22-20(25)24-23-19(16-10-3-2-4-11-16)18-13-7-8-14-21-18/h2-14H,1H3,(H2,22,24,25)/b23-19-. The van der Waals surface area contributed by atoms with Crippen molar-refractivity contribution < 1.29 is 0 Å². The second-order valence-corrected chi connectivity index (χ2v) is 5.83. The van der Waals surface area contributed by atoms with Gasteiger partial charge in [0.25, 0.3) is 0 Å². The molecule has 1 aromatic heterocycles. The van der Waals surface area contributed by atoms with Gasteiger partial charge in [0.2, 0.25) is 0 Å². The third-order valence-corrected chi connectivity index (χ3v) is 3.81. The lowest BCUT2D eigenvalue weighted by Crippen LogP contribution is -2.26. The zero-order valence-electron chi connectivity index (χ0n) is 13.8. The number of aromatic nitrogens is 1. The van der Waals surface area contributed by atoms with Crippen LogP contribution in [0.1, 0.15) is 16.8 Å². The molecule has 1 heterocycles. The van der Waals surface area contributed by atoms with Crippen LogP contribution in [0.2, 0.25) is 0 Å². The van der Waals surface area contributed by atoms with Crippen LogP contribution in [-0.2, 0) is 0 Å². The minimum atomic E-state index is 0.429. The number of nitrogens with zero attached hydrogens (tertiary/aromatic N) is 2. The van der Waals surface area contributed by atoms with Gasteiger partial charge in [-0.3, -0.25) is 10.4 Å². The van der Waals surface area contributed by atoms with Gasteiger partial charge in [-0.05, 0) is 42.9 Å². The number of para-hydroxylation sites is 1. The number of rotatable bonds is 4. The van der Waals surface area contributed by atoms with E-state index in [-0.39, 0.29) is 0 Å². The van der Waals surface area contributed by atoms with E-state index in [1.54, 1.807) is 6.20 Å². The molecule has 0 aliphatic carbocycles. The topological polar surface area (TPSA) is 49.3 Å². The lowest BCUT2D eigenvalue weighted by Gasteiger charge is -2.11. The van der Waals surface area contributed by atoms with Crippen LogP contribution in [0.5, 0.6) is 0 Å². The number of aryl methyl sites for hydroxylation is 1. The van der Waals surface area contributed by atoms with Crippen molar-refractivity contribution in [2.24, 2.45) is 5.10 Å². The number of anilines is 1. The molecule has 0 atom stereocenters. The SMILES string of the molecule is Cc1ccccc1NC(=S)N/N=C(/c1ccccc1)c1ccccn1. The van der Waals surface area contributed by atoms with Gasteiger partial charge in [-0.1, -0.05) is 54.6 Å². The Morgan fingerprint density at radius 1 is 0.920 bits per heavy atom. The van der Waals surface area contributed by atoms with E-state index >= 15 is 0 Å². The van der Waals surface area contributed by atoms with Gasteiger partial charge in [0.1, 0.15) is 5.71 Å². The van der Waals surface area contributed by atoms with Crippen molar-refractivity contribution in [2.75, 3.05) is 5.32 Å². The summed E-state index contributed by atoms with van der Waals surface area (Å²) in [7, 11) is 0. The minimum Gasteiger partial charge on any atom is -0.331 e. The number of hydrogen-bond acceptors (Lipinski definition) is 3. The molecule has 0 fully saturated rings. The monoisotopic (exact) mass is 346 g/mol. The van der Waals surface area contributed by atoms with Crippen molar-refractivity contribution >= 4 is 28.7 Å². The molecule has 5 heteroatoms. The quantitative estimate of drug-likeness (QED) is 0.424. The summed E-state index contributed by atoms with van der Waals surface area (Å²) in [5.41, 5.74) is 7.47. The zero-order valence-corrected chi connectivity index (χ0v) is 14.6. The molecule has 124 valence electrons. The van der Waals surface area contributed by atoms with Gasteiger partial charge in [-0.15, -0.1) is 0 Å². The Bertz CT molecular complexity index is 835. The van der Waals surface area contributed by atoms with Gasteiger partial charge >= 0.3 is 0 Å². The first-order chi connectivity index (χ1) is 12.2. The number of pyridine rings is 1. The molecule has 0 amide bonds. The van der Waals surface area contributed by atoms with Gasteiger partial charge in [0, 0.05) is 17.4 Å². The number of hydrazone groups is 1. The molecule has 4 nitrogen and oxygen atoms in total. The number of hydrogen-bond donors (Lipinski definition) is 2. The summed E-state index contributed by atoms with van der Waals surface area (Å²) in [6.45, 7) is 2.03. The summed E-state index contributed by atoms with van der Waals surface area (Å²) in [4.78, 5) is 4.40. The third-order valence-electron chi connectivity index (χ3n) is 3.62. The van der Waals surface area contributed by atoms with Crippen LogP contribution in [-0.4, -0.2) is 15.8 Å². The van der Waals surface area contributed by atoms with Crippen molar-refractivity contribution in [3.63, 3.8) is 0 Å². The highest BCUT2D eigenvalue weighted by Crippen LogP contribution is 2.13. The predicted molar refractivity (Wildman–Crippen MR) is 107 cm³/mol. The Labute approximate surface area is 152 Å². The Morgan fingerprint density at radius 3 is 2.36 bits per heavy atom. The highest BCUT2D eigenvalue weighted by atomic mass is 32.1. The molecule has 0 spiro atoms. The molecule has 0 aliphatic heterocycles. The Balaban J connectivity index is 1.82. The average Bonchev–Trinajstić information content (AvgIpc) is 2.66.